The number of hydrogen-bond acceptors (Lipinski definition) is 1. The predicted molar refractivity (Wildman–Crippen MR) is 81.6 cm³/mol. The number of nitrogens with two attached hydrogens (primary N) is 1. The molecule has 1 atom stereocenters. The number of rotatable bonds is 4. The summed E-state index contributed by atoms with van der Waals surface area (Å²) in [5.41, 5.74) is 8.90. The molecule has 1 aliphatic rings. The van der Waals surface area contributed by atoms with E-state index in [1.165, 1.54) is 54.1 Å². The molecule has 0 saturated heterocycles. The molecular formula is C16H24BrN. The van der Waals surface area contributed by atoms with Gasteiger partial charge >= 0.3 is 0 Å². The monoisotopic (exact) mass is 309 g/mol. The number of benzene rings is 1. The maximum atomic E-state index is 6.35. The highest BCUT2D eigenvalue weighted by atomic mass is 79.9. The maximum absolute atomic E-state index is 6.35. The van der Waals surface area contributed by atoms with E-state index in [0.717, 1.165) is 12.3 Å². The van der Waals surface area contributed by atoms with Crippen LogP contribution in [0.3, 0.4) is 0 Å². The summed E-state index contributed by atoms with van der Waals surface area (Å²) in [4.78, 5) is 0. The zero-order chi connectivity index (χ0) is 13.0. The molecule has 1 unspecified atom stereocenters. The van der Waals surface area contributed by atoms with Crippen LogP contribution < -0.4 is 5.73 Å². The molecule has 0 aliphatic heterocycles. The molecule has 0 aromatic heterocycles. The lowest BCUT2D eigenvalue weighted by molar-refractivity contribution is 0.324. The van der Waals surface area contributed by atoms with Crippen LogP contribution in [-0.4, -0.2) is 0 Å². The molecule has 1 saturated carbocycles. The van der Waals surface area contributed by atoms with Crippen molar-refractivity contribution < 1.29 is 0 Å². The van der Waals surface area contributed by atoms with Crippen molar-refractivity contribution in [2.24, 2.45) is 11.7 Å². The highest BCUT2D eigenvalue weighted by molar-refractivity contribution is 9.10. The van der Waals surface area contributed by atoms with Crippen molar-refractivity contribution in [3.63, 3.8) is 0 Å². The molecule has 0 radical (unpaired) electrons. The average molecular weight is 310 g/mol. The van der Waals surface area contributed by atoms with Gasteiger partial charge in [-0.25, -0.2) is 0 Å². The van der Waals surface area contributed by atoms with Gasteiger partial charge in [0, 0.05) is 10.5 Å². The van der Waals surface area contributed by atoms with Crippen molar-refractivity contribution >= 4 is 15.9 Å². The van der Waals surface area contributed by atoms with Gasteiger partial charge in [0.15, 0.2) is 0 Å². The van der Waals surface area contributed by atoms with E-state index in [1.54, 1.807) is 0 Å². The quantitative estimate of drug-likeness (QED) is 0.821. The van der Waals surface area contributed by atoms with Crippen molar-refractivity contribution in [2.45, 2.75) is 57.9 Å². The second-order valence-corrected chi connectivity index (χ2v) is 6.46. The third-order valence-electron chi connectivity index (χ3n) is 4.23. The minimum atomic E-state index is 0.182. The molecule has 2 heteroatoms. The molecule has 0 amide bonds. The molecule has 0 heterocycles. The maximum Gasteiger partial charge on any atom is 0.0306 e. The molecule has 2 N–H and O–H groups in total. The molecular weight excluding hydrogens is 286 g/mol. The van der Waals surface area contributed by atoms with Crippen LogP contribution in [0.1, 0.15) is 62.1 Å². The Labute approximate surface area is 119 Å². The Morgan fingerprint density at radius 1 is 1.28 bits per heavy atom. The Kier molecular flexibility index (Phi) is 5.25. The lowest BCUT2D eigenvalue weighted by Crippen LogP contribution is -2.14. The van der Waals surface area contributed by atoms with Gasteiger partial charge < -0.3 is 5.73 Å². The van der Waals surface area contributed by atoms with Crippen molar-refractivity contribution in [3.05, 3.63) is 33.8 Å². The Balaban J connectivity index is 1.90. The smallest absolute Gasteiger partial charge is 0.0306 e. The first-order valence-electron chi connectivity index (χ1n) is 7.19. The van der Waals surface area contributed by atoms with Gasteiger partial charge in [-0.15, -0.1) is 0 Å². The summed E-state index contributed by atoms with van der Waals surface area (Å²) in [7, 11) is 0. The third-order valence-corrected chi connectivity index (χ3v) is 5.32. The van der Waals surface area contributed by atoms with Crippen LogP contribution in [0.2, 0.25) is 0 Å². The van der Waals surface area contributed by atoms with Gasteiger partial charge in [0.2, 0.25) is 0 Å². The van der Waals surface area contributed by atoms with Gasteiger partial charge in [-0.05, 0) is 36.8 Å². The molecule has 1 aromatic carbocycles. The van der Waals surface area contributed by atoms with Gasteiger partial charge in [-0.2, -0.15) is 0 Å². The van der Waals surface area contributed by atoms with E-state index in [4.69, 9.17) is 5.73 Å². The lowest BCUT2D eigenvalue weighted by atomic mass is 9.84. The highest BCUT2D eigenvalue weighted by Crippen LogP contribution is 2.32. The fraction of sp³-hybridized carbons (Fsp3) is 0.625. The molecule has 1 aromatic rings. The number of hydrogen-bond donors (Lipinski definition) is 1. The van der Waals surface area contributed by atoms with Crippen LogP contribution in [-0.2, 0) is 0 Å². The highest BCUT2D eigenvalue weighted by Gasteiger charge is 2.16. The largest absolute Gasteiger partial charge is 0.324 e. The third kappa shape index (κ3) is 3.58. The molecule has 0 bridgehead atoms. The standard InChI is InChI=1S/C16H24BrN/c1-12-6-5-9-14(16(12)17)15(18)11-10-13-7-3-2-4-8-13/h5-6,9,13,15H,2-4,7-8,10-11,18H2,1H3. The van der Waals surface area contributed by atoms with E-state index in [1.807, 2.05) is 0 Å². The molecule has 0 spiro atoms. The van der Waals surface area contributed by atoms with E-state index in [2.05, 4.69) is 41.1 Å². The van der Waals surface area contributed by atoms with Crippen molar-refractivity contribution in [1.82, 2.24) is 0 Å². The number of aryl methyl sites for hydroxylation is 1. The van der Waals surface area contributed by atoms with Crippen LogP contribution >= 0.6 is 15.9 Å². The summed E-state index contributed by atoms with van der Waals surface area (Å²) in [5, 5.41) is 0. The molecule has 2 rings (SSSR count). The summed E-state index contributed by atoms with van der Waals surface area (Å²) < 4.78 is 1.20. The Morgan fingerprint density at radius 3 is 2.72 bits per heavy atom. The van der Waals surface area contributed by atoms with Crippen LogP contribution in [0.15, 0.2) is 22.7 Å². The van der Waals surface area contributed by atoms with E-state index < -0.39 is 0 Å². The fourth-order valence-electron chi connectivity index (χ4n) is 3.00. The van der Waals surface area contributed by atoms with E-state index in [9.17, 15) is 0 Å². The first-order valence-corrected chi connectivity index (χ1v) is 7.98. The van der Waals surface area contributed by atoms with Crippen LogP contribution in [0.25, 0.3) is 0 Å². The minimum Gasteiger partial charge on any atom is -0.324 e. The summed E-state index contributed by atoms with van der Waals surface area (Å²) in [6.07, 6.45) is 9.53. The Morgan fingerprint density at radius 2 is 2.00 bits per heavy atom. The zero-order valence-corrected chi connectivity index (χ0v) is 12.9. The van der Waals surface area contributed by atoms with Crippen molar-refractivity contribution in [2.75, 3.05) is 0 Å². The molecule has 1 fully saturated rings. The normalized spacial score (nSPS) is 18.8. The molecule has 18 heavy (non-hydrogen) atoms. The van der Waals surface area contributed by atoms with Crippen LogP contribution in [0.5, 0.6) is 0 Å². The summed E-state index contributed by atoms with van der Waals surface area (Å²) in [6.45, 7) is 2.13. The summed E-state index contributed by atoms with van der Waals surface area (Å²) >= 11 is 3.67. The topological polar surface area (TPSA) is 26.0 Å². The second-order valence-electron chi connectivity index (χ2n) is 5.67. The molecule has 1 nitrogen and oxygen atoms in total. The van der Waals surface area contributed by atoms with E-state index >= 15 is 0 Å². The van der Waals surface area contributed by atoms with Gasteiger partial charge in [-0.1, -0.05) is 66.2 Å². The average Bonchev–Trinajstić information content (AvgIpc) is 2.40. The fourth-order valence-corrected chi connectivity index (χ4v) is 3.56. The van der Waals surface area contributed by atoms with Crippen molar-refractivity contribution in [3.8, 4) is 0 Å². The molecule has 100 valence electrons. The summed E-state index contributed by atoms with van der Waals surface area (Å²) in [6, 6.07) is 6.57. The first kappa shape index (κ1) is 14.1. The second kappa shape index (κ2) is 6.72. The van der Waals surface area contributed by atoms with Crippen LogP contribution in [0, 0.1) is 12.8 Å². The summed E-state index contributed by atoms with van der Waals surface area (Å²) in [5.74, 6) is 0.924. The van der Waals surface area contributed by atoms with Gasteiger partial charge in [0.25, 0.3) is 0 Å². The Bertz CT molecular complexity index is 383. The van der Waals surface area contributed by atoms with Gasteiger partial charge in [-0.3, -0.25) is 0 Å². The van der Waals surface area contributed by atoms with E-state index in [-0.39, 0.29) is 6.04 Å². The lowest BCUT2D eigenvalue weighted by Gasteiger charge is -2.23. The van der Waals surface area contributed by atoms with Gasteiger partial charge in [0.05, 0.1) is 0 Å². The first-order chi connectivity index (χ1) is 8.68. The SMILES string of the molecule is Cc1cccc(C(N)CCC2CCCCC2)c1Br. The predicted octanol–water partition coefficient (Wildman–Crippen LogP) is 5.12. The zero-order valence-electron chi connectivity index (χ0n) is 11.3. The van der Waals surface area contributed by atoms with Gasteiger partial charge in [0.1, 0.15) is 0 Å². The Hall–Kier alpha value is -0.340. The van der Waals surface area contributed by atoms with Crippen molar-refractivity contribution in [1.29, 1.82) is 0 Å². The minimum absolute atomic E-state index is 0.182. The van der Waals surface area contributed by atoms with Crippen LogP contribution in [0.4, 0.5) is 0 Å². The number of halogens is 1. The van der Waals surface area contributed by atoms with E-state index in [0.29, 0.717) is 0 Å². The molecule has 1 aliphatic carbocycles.